The summed E-state index contributed by atoms with van der Waals surface area (Å²) < 4.78 is 49.7. The maximum absolute atomic E-state index is 12.8. The minimum absolute atomic E-state index is 0.224. The standard InChI is InChI=1S/C20H16BrF3O3/c1-12-18(25)16-8-7-15(26-10-2-9-21)11-17(16)27-19(12)13-3-5-14(6-4-13)20(22,23)24/h3-8,11H,2,9-10H2,1H3. The van der Waals surface area contributed by atoms with Gasteiger partial charge in [0.05, 0.1) is 17.6 Å². The molecule has 0 bridgehead atoms. The number of benzene rings is 2. The summed E-state index contributed by atoms with van der Waals surface area (Å²) in [5.74, 6) is 0.813. The van der Waals surface area contributed by atoms with Crippen LogP contribution in [-0.4, -0.2) is 11.9 Å². The molecule has 0 atom stereocenters. The molecular formula is C20H16BrF3O3. The molecule has 0 aliphatic rings. The first kappa shape index (κ1) is 19.5. The van der Waals surface area contributed by atoms with Crippen LogP contribution in [0.25, 0.3) is 22.3 Å². The van der Waals surface area contributed by atoms with E-state index in [9.17, 15) is 18.0 Å². The highest BCUT2D eigenvalue weighted by Crippen LogP contribution is 2.32. The van der Waals surface area contributed by atoms with Crippen LogP contribution in [0.3, 0.4) is 0 Å². The molecule has 0 saturated heterocycles. The molecule has 0 N–H and O–H groups in total. The van der Waals surface area contributed by atoms with Crippen LogP contribution in [0, 0.1) is 6.92 Å². The van der Waals surface area contributed by atoms with Crippen molar-refractivity contribution >= 4 is 26.9 Å². The SMILES string of the molecule is Cc1c(-c2ccc(C(F)(F)F)cc2)oc2cc(OCCCBr)ccc2c1=O. The highest BCUT2D eigenvalue weighted by Gasteiger charge is 2.30. The van der Waals surface area contributed by atoms with Gasteiger partial charge in [-0.25, -0.2) is 0 Å². The van der Waals surface area contributed by atoms with Gasteiger partial charge in [0, 0.05) is 22.5 Å². The summed E-state index contributed by atoms with van der Waals surface area (Å²) in [6.45, 7) is 2.11. The van der Waals surface area contributed by atoms with Gasteiger partial charge in [0.25, 0.3) is 0 Å². The Labute approximate surface area is 161 Å². The Bertz CT molecular complexity index is 1010. The van der Waals surface area contributed by atoms with E-state index in [2.05, 4.69) is 15.9 Å². The minimum atomic E-state index is -4.42. The summed E-state index contributed by atoms with van der Waals surface area (Å²) in [6.07, 6.45) is -3.59. The molecule has 7 heteroatoms. The maximum Gasteiger partial charge on any atom is 0.416 e. The summed E-state index contributed by atoms with van der Waals surface area (Å²) in [7, 11) is 0. The predicted molar refractivity (Wildman–Crippen MR) is 102 cm³/mol. The summed E-state index contributed by atoms with van der Waals surface area (Å²) in [5.41, 5.74) is 0.102. The molecule has 0 radical (unpaired) electrons. The van der Waals surface area contributed by atoms with Gasteiger partial charge in [0.15, 0.2) is 5.43 Å². The molecule has 3 rings (SSSR count). The van der Waals surface area contributed by atoms with Crippen molar-refractivity contribution in [1.82, 2.24) is 0 Å². The van der Waals surface area contributed by atoms with Crippen LogP contribution in [0.2, 0.25) is 0 Å². The molecule has 3 nitrogen and oxygen atoms in total. The molecule has 0 fully saturated rings. The molecule has 0 amide bonds. The van der Waals surface area contributed by atoms with E-state index in [0.717, 1.165) is 23.9 Å². The van der Waals surface area contributed by atoms with E-state index in [1.54, 1.807) is 25.1 Å². The Hall–Kier alpha value is -2.28. The summed E-state index contributed by atoms with van der Waals surface area (Å²) >= 11 is 3.32. The number of hydrogen-bond donors (Lipinski definition) is 0. The van der Waals surface area contributed by atoms with Crippen LogP contribution < -0.4 is 10.2 Å². The fourth-order valence-corrected chi connectivity index (χ4v) is 2.92. The first-order valence-corrected chi connectivity index (χ1v) is 9.37. The Morgan fingerprint density at radius 3 is 2.44 bits per heavy atom. The third-order valence-electron chi connectivity index (χ3n) is 4.11. The van der Waals surface area contributed by atoms with E-state index >= 15 is 0 Å². The highest BCUT2D eigenvalue weighted by molar-refractivity contribution is 9.09. The number of hydrogen-bond acceptors (Lipinski definition) is 3. The van der Waals surface area contributed by atoms with Gasteiger partial charge >= 0.3 is 6.18 Å². The second kappa shape index (κ2) is 7.76. The van der Waals surface area contributed by atoms with Gasteiger partial charge in [-0.2, -0.15) is 13.2 Å². The normalized spacial score (nSPS) is 11.7. The average molecular weight is 441 g/mol. The molecule has 0 aliphatic heterocycles. The molecule has 1 aromatic heterocycles. The molecule has 1 heterocycles. The fraction of sp³-hybridized carbons (Fsp3) is 0.250. The molecule has 3 aromatic rings. The van der Waals surface area contributed by atoms with E-state index in [0.29, 0.717) is 34.5 Å². The zero-order chi connectivity index (χ0) is 19.6. The Balaban J connectivity index is 2.04. The monoisotopic (exact) mass is 440 g/mol. The summed E-state index contributed by atoms with van der Waals surface area (Å²) in [4.78, 5) is 12.6. The zero-order valence-corrected chi connectivity index (χ0v) is 16.0. The van der Waals surface area contributed by atoms with Crippen molar-refractivity contribution < 1.29 is 22.3 Å². The van der Waals surface area contributed by atoms with Crippen molar-refractivity contribution in [1.29, 1.82) is 0 Å². The lowest BCUT2D eigenvalue weighted by Gasteiger charge is -2.11. The number of alkyl halides is 4. The Morgan fingerprint density at radius 2 is 1.81 bits per heavy atom. The molecule has 0 unspecified atom stereocenters. The first-order chi connectivity index (χ1) is 12.8. The highest BCUT2D eigenvalue weighted by atomic mass is 79.9. The molecular weight excluding hydrogens is 425 g/mol. The second-order valence-corrected chi connectivity index (χ2v) is 6.80. The van der Waals surface area contributed by atoms with Crippen molar-refractivity contribution in [2.75, 3.05) is 11.9 Å². The van der Waals surface area contributed by atoms with Crippen molar-refractivity contribution in [2.45, 2.75) is 19.5 Å². The van der Waals surface area contributed by atoms with Crippen LogP contribution in [0.1, 0.15) is 17.5 Å². The quantitative estimate of drug-likeness (QED) is 0.363. The van der Waals surface area contributed by atoms with Gasteiger partial charge in [0.1, 0.15) is 17.1 Å². The van der Waals surface area contributed by atoms with Crippen LogP contribution in [0.15, 0.2) is 51.7 Å². The van der Waals surface area contributed by atoms with Crippen molar-refractivity contribution in [3.05, 3.63) is 63.8 Å². The predicted octanol–water partition coefficient (Wildman–Crippen LogP) is 5.95. The summed E-state index contributed by atoms with van der Waals surface area (Å²) in [5, 5.41) is 1.21. The molecule has 0 saturated carbocycles. The third kappa shape index (κ3) is 4.18. The number of ether oxygens (including phenoxy) is 1. The molecule has 2 aromatic carbocycles. The first-order valence-electron chi connectivity index (χ1n) is 8.25. The van der Waals surface area contributed by atoms with Gasteiger partial charge in [-0.05, 0) is 37.6 Å². The van der Waals surface area contributed by atoms with Crippen LogP contribution in [0.5, 0.6) is 5.75 Å². The lowest BCUT2D eigenvalue weighted by Crippen LogP contribution is -2.08. The van der Waals surface area contributed by atoms with E-state index in [1.165, 1.54) is 12.1 Å². The van der Waals surface area contributed by atoms with Gasteiger partial charge in [-0.3, -0.25) is 4.79 Å². The largest absolute Gasteiger partial charge is 0.493 e. The van der Waals surface area contributed by atoms with E-state index in [1.807, 2.05) is 0 Å². The lowest BCUT2D eigenvalue weighted by molar-refractivity contribution is -0.137. The van der Waals surface area contributed by atoms with Gasteiger partial charge < -0.3 is 9.15 Å². The van der Waals surface area contributed by atoms with E-state index < -0.39 is 11.7 Å². The zero-order valence-electron chi connectivity index (χ0n) is 14.4. The topological polar surface area (TPSA) is 39.4 Å². The lowest BCUT2D eigenvalue weighted by atomic mass is 10.0. The molecule has 142 valence electrons. The number of halogens is 4. The average Bonchev–Trinajstić information content (AvgIpc) is 2.64. The molecule has 27 heavy (non-hydrogen) atoms. The fourth-order valence-electron chi connectivity index (χ4n) is 2.69. The second-order valence-electron chi connectivity index (χ2n) is 6.01. The smallest absolute Gasteiger partial charge is 0.416 e. The van der Waals surface area contributed by atoms with Crippen molar-refractivity contribution in [2.24, 2.45) is 0 Å². The summed E-state index contributed by atoms with van der Waals surface area (Å²) in [6, 6.07) is 9.50. The van der Waals surface area contributed by atoms with E-state index in [4.69, 9.17) is 9.15 Å². The maximum atomic E-state index is 12.8. The van der Waals surface area contributed by atoms with Crippen LogP contribution >= 0.6 is 15.9 Å². The Kier molecular flexibility index (Phi) is 5.60. The van der Waals surface area contributed by atoms with Crippen LogP contribution in [-0.2, 0) is 6.18 Å². The Morgan fingerprint density at radius 1 is 1.11 bits per heavy atom. The van der Waals surface area contributed by atoms with Gasteiger partial charge in [-0.1, -0.05) is 28.1 Å². The number of fused-ring (bicyclic) bond motifs is 1. The third-order valence-corrected chi connectivity index (χ3v) is 4.67. The van der Waals surface area contributed by atoms with Crippen molar-refractivity contribution in [3.8, 4) is 17.1 Å². The molecule has 0 aliphatic carbocycles. The van der Waals surface area contributed by atoms with Crippen molar-refractivity contribution in [3.63, 3.8) is 0 Å². The number of rotatable bonds is 5. The van der Waals surface area contributed by atoms with Crippen LogP contribution in [0.4, 0.5) is 13.2 Å². The molecule has 0 spiro atoms. The van der Waals surface area contributed by atoms with Gasteiger partial charge in [0.2, 0.25) is 0 Å². The van der Waals surface area contributed by atoms with E-state index in [-0.39, 0.29) is 11.2 Å². The van der Waals surface area contributed by atoms with Gasteiger partial charge in [-0.15, -0.1) is 0 Å². The minimum Gasteiger partial charge on any atom is -0.493 e.